The second kappa shape index (κ2) is 3.73. The Hall–Kier alpha value is -0.840. The molecule has 2 N–H and O–H groups in total. The Labute approximate surface area is 90.8 Å². The minimum absolute atomic E-state index is 0.532. The van der Waals surface area contributed by atoms with Crippen LogP contribution < -0.4 is 5.73 Å². The van der Waals surface area contributed by atoms with Crippen LogP contribution in [-0.2, 0) is 0 Å². The molecule has 0 aliphatic carbocycles. The van der Waals surface area contributed by atoms with E-state index in [1.54, 1.807) is 11.3 Å². The van der Waals surface area contributed by atoms with E-state index in [0.29, 0.717) is 11.7 Å². The lowest BCUT2D eigenvalue weighted by atomic mass is 10.2. The van der Waals surface area contributed by atoms with Crippen LogP contribution in [0.25, 0.3) is 11.0 Å². The van der Waals surface area contributed by atoms with Gasteiger partial charge in [0.1, 0.15) is 0 Å². The lowest BCUT2D eigenvalue weighted by molar-refractivity contribution is 1.14. The van der Waals surface area contributed by atoms with Crippen molar-refractivity contribution in [2.24, 2.45) is 5.73 Å². The van der Waals surface area contributed by atoms with Gasteiger partial charge in [0.15, 0.2) is 10.1 Å². The molecule has 0 saturated carbocycles. The molecule has 0 aliphatic heterocycles. The SMILES string of the molecule is C/C(=C/c1c(Cl)nc2sccn12)CN. The molecule has 0 radical (unpaired) electrons. The molecule has 2 aromatic rings. The van der Waals surface area contributed by atoms with E-state index in [-0.39, 0.29) is 0 Å². The summed E-state index contributed by atoms with van der Waals surface area (Å²) in [4.78, 5) is 5.13. The van der Waals surface area contributed by atoms with Crippen molar-refractivity contribution in [2.75, 3.05) is 6.54 Å². The maximum absolute atomic E-state index is 6.00. The molecule has 2 rings (SSSR count). The number of nitrogens with zero attached hydrogens (tertiary/aromatic N) is 2. The number of fused-ring (bicyclic) bond motifs is 1. The third-order valence-electron chi connectivity index (χ3n) is 1.96. The van der Waals surface area contributed by atoms with Crippen LogP contribution in [0.2, 0.25) is 5.15 Å². The average molecular weight is 228 g/mol. The van der Waals surface area contributed by atoms with Crippen molar-refractivity contribution >= 4 is 34.0 Å². The minimum atomic E-state index is 0.532. The summed E-state index contributed by atoms with van der Waals surface area (Å²) in [5, 5.41) is 2.51. The third kappa shape index (κ3) is 1.56. The van der Waals surface area contributed by atoms with Crippen molar-refractivity contribution in [3.8, 4) is 0 Å². The Morgan fingerprint density at radius 1 is 1.79 bits per heavy atom. The number of imidazole rings is 1. The Morgan fingerprint density at radius 2 is 2.57 bits per heavy atom. The fourth-order valence-corrected chi connectivity index (χ4v) is 2.20. The van der Waals surface area contributed by atoms with Crippen molar-refractivity contribution in [3.05, 3.63) is 28.0 Å². The van der Waals surface area contributed by atoms with Crippen molar-refractivity contribution in [1.82, 2.24) is 9.38 Å². The minimum Gasteiger partial charge on any atom is -0.327 e. The molecule has 0 fully saturated rings. The van der Waals surface area contributed by atoms with Gasteiger partial charge in [0.05, 0.1) is 5.69 Å². The number of rotatable bonds is 2. The maximum atomic E-state index is 6.00. The van der Waals surface area contributed by atoms with Crippen molar-refractivity contribution in [2.45, 2.75) is 6.92 Å². The molecule has 14 heavy (non-hydrogen) atoms. The largest absolute Gasteiger partial charge is 0.327 e. The molecule has 0 amide bonds. The van der Waals surface area contributed by atoms with Crippen LogP contribution in [0.3, 0.4) is 0 Å². The highest BCUT2D eigenvalue weighted by Crippen LogP contribution is 2.23. The van der Waals surface area contributed by atoms with Crippen LogP contribution in [-0.4, -0.2) is 15.9 Å². The monoisotopic (exact) mass is 227 g/mol. The summed E-state index contributed by atoms with van der Waals surface area (Å²) in [5.41, 5.74) is 7.51. The van der Waals surface area contributed by atoms with Crippen LogP contribution in [0.1, 0.15) is 12.6 Å². The van der Waals surface area contributed by atoms with E-state index in [4.69, 9.17) is 17.3 Å². The first-order valence-corrected chi connectivity index (χ1v) is 5.46. The van der Waals surface area contributed by atoms with Crippen LogP contribution in [0.5, 0.6) is 0 Å². The van der Waals surface area contributed by atoms with Gasteiger partial charge in [-0.05, 0) is 13.0 Å². The summed E-state index contributed by atoms with van der Waals surface area (Å²) in [6.45, 7) is 2.51. The molecule has 2 aromatic heterocycles. The zero-order valence-electron chi connectivity index (χ0n) is 7.70. The van der Waals surface area contributed by atoms with E-state index in [2.05, 4.69) is 4.98 Å². The van der Waals surface area contributed by atoms with E-state index < -0.39 is 0 Å². The van der Waals surface area contributed by atoms with Gasteiger partial charge in [-0.1, -0.05) is 17.2 Å². The molecule has 0 unspecified atom stereocenters. The predicted molar refractivity (Wildman–Crippen MR) is 60.8 cm³/mol. The summed E-state index contributed by atoms with van der Waals surface area (Å²) in [5.74, 6) is 0. The fraction of sp³-hybridized carbons (Fsp3) is 0.222. The first-order chi connectivity index (χ1) is 6.72. The summed E-state index contributed by atoms with van der Waals surface area (Å²) in [6.07, 6.45) is 3.92. The molecule has 0 atom stereocenters. The number of aromatic nitrogens is 2. The predicted octanol–water partition coefficient (Wildman–Crippen LogP) is 2.41. The van der Waals surface area contributed by atoms with E-state index in [1.807, 2.05) is 29.0 Å². The third-order valence-corrected chi connectivity index (χ3v) is 2.99. The highest BCUT2D eigenvalue weighted by atomic mass is 35.5. The zero-order valence-corrected chi connectivity index (χ0v) is 9.27. The molecular weight excluding hydrogens is 218 g/mol. The molecule has 0 saturated heterocycles. The molecule has 2 heterocycles. The number of nitrogens with two attached hydrogens (primary N) is 1. The van der Waals surface area contributed by atoms with Gasteiger partial charge < -0.3 is 5.73 Å². The Bertz CT molecular complexity index is 483. The van der Waals surface area contributed by atoms with Crippen molar-refractivity contribution in [1.29, 1.82) is 0 Å². The van der Waals surface area contributed by atoms with Gasteiger partial charge in [0, 0.05) is 18.1 Å². The smallest absolute Gasteiger partial charge is 0.195 e. The molecule has 0 bridgehead atoms. The topological polar surface area (TPSA) is 43.3 Å². The lowest BCUT2D eigenvalue weighted by Gasteiger charge is -1.95. The zero-order chi connectivity index (χ0) is 10.1. The molecule has 3 nitrogen and oxygen atoms in total. The highest BCUT2D eigenvalue weighted by molar-refractivity contribution is 7.15. The first kappa shape index (κ1) is 9.71. The fourth-order valence-electron chi connectivity index (χ4n) is 1.20. The standard InChI is InChI=1S/C9H10ClN3S/c1-6(5-11)4-7-8(10)12-9-13(7)2-3-14-9/h2-4H,5,11H2,1H3/b6-4-. The lowest BCUT2D eigenvalue weighted by Crippen LogP contribution is -1.99. The van der Waals surface area contributed by atoms with Gasteiger partial charge in [-0.3, -0.25) is 4.40 Å². The van der Waals surface area contributed by atoms with Crippen molar-refractivity contribution < 1.29 is 0 Å². The van der Waals surface area contributed by atoms with E-state index in [1.165, 1.54) is 0 Å². The average Bonchev–Trinajstić information content (AvgIpc) is 2.70. The maximum Gasteiger partial charge on any atom is 0.195 e. The van der Waals surface area contributed by atoms with E-state index in [9.17, 15) is 0 Å². The van der Waals surface area contributed by atoms with Crippen LogP contribution in [0.4, 0.5) is 0 Å². The van der Waals surface area contributed by atoms with Gasteiger partial charge >= 0.3 is 0 Å². The van der Waals surface area contributed by atoms with Crippen LogP contribution in [0, 0.1) is 0 Å². The van der Waals surface area contributed by atoms with Gasteiger partial charge in [-0.2, -0.15) is 0 Å². The number of halogens is 1. The number of hydrogen-bond donors (Lipinski definition) is 1. The quantitative estimate of drug-likeness (QED) is 0.856. The second-order valence-electron chi connectivity index (χ2n) is 3.04. The van der Waals surface area contributed by atoms with E-state index in [0.717, 1.165) is 16.2 Å². The molecule has 5 heteroatoms. The number of thiazole rings is 1. The van der Waals surface area contributed by atoms with Gasteiger partial charge in [-0.25, -0.2) is 4.98 Å². The summed E-state index contributed by atoms with van der Waals surface area (Å²) >= 11 is 7.56. The Kier molecular flexibility index (Phi) is 2.58. The highest BCUT2D eigenvalue weighted by Gasteiger charge is 2.08. The van der Waals surface area contributed by atoms with E-state index >= 15 is 0 Å². The van der Waals surface area contributed by atoms with Crippen molar-refractivity contribution in [3.63, 3.8) is 0 Å². The number of hydrogen-bond acceptors (Lipinski definition) is 3. The molecule has 0 aromatic carbocycles. The van der Waals surface area contributed by atoms with Gasteiger partial charge in [0.2, 0.25) is 0 Å². The summed E-state index contributed by atoms with van der Waals surface area (Å²) < 4.78 is 1.96. The first-order valence-electron chi connectivity index (χ1n) is 4.20. The molecule has 0 aliphatic rings. The Morgan fingerprint density at radius 3 is 3.29 bits per heavy atom. The van der Waals surface area contributed by atoms with Gasteiger partial charge in [-0.15, -0.1) is 11.3 Å². The van der Waals surface area contributed by atoms with Crippen LogP contribution >= 0.6 is 22.9 Å². The summed E-state index contributed by atoms with van der Waals surface area (Å²) in [7, 11) is 0. The summed E-state index contributed by atoms with van der Waals surface area (Å²) in [6, 6.07) is 0. The normalized spacial score (nSPS) is 12.6. The molecule has 0 spiro atoms. The van der Waals surface area contributed by atoms with Crippen LogP contribution in [0.15, 0.2) is 17.2 Å². The second-order valence-corrected chi connectivity index (χ2v) is 4.27. The Balaban J connectivity index is 2.59. The van der Waals surface area contributed by atoms with Gasteiger partial charge in [0.25, 0.3) is 0 Å². The molecule has 74 valence electrons. The molecular formula is C9H10ClN3S.